The minimum Gasteiger partial charge on any atom is -0.496 e. The van der Waals surface area contributed by atoms with Crippen molar-refractivity contribution in [3.63, 3.8) is 0 Å². The van der Waals surface area contributed by atoms with E-state index in [9.17, 15) is 4.79 Å². The largest absolute Gasteiger partial charge is 0.496 e. The number of aryl methyl sites for hydroxylation is 1. The Morgan fingerprint density at radius 2 is 2.00 bits per heavy atom. The molecule has 7 nitrogen and oxygen atoms in total. The molecule has 2 aromatic heterocycles. The molecular formula is C22H27N5O2. The summed E-state index contributed by atoms with van der Waals surface area (Å²) in [4.78, 5) is 20.7. The fourth-order valence-corrected chi connectivity index (χ4v) is 4.23. The van der Waals surface area contributed by atoms with Crippen LogP contribution in [0.2, 0.25) is 0 Å². The zero-order chi connectivity index (χ0) is 20.1. The summed E-state index contributed by atoms with van der Waals surface area (Å²) in [7, 11) is 1.66. The Kier molecular flexibility index (Phi) is 6.03. The number of hydrogen-bond donors (Lipinski definition) is 1. The lowest BCUT2D eigenvalue weighted by Crippen LogP contribution is -2.31. The topological polar surface area (TPSA) is 81.4 Å². The fourth-order valence-electron chi connectivity index (χ4n) is 4.23. The number of nitrogens with one attached hydrogen (secondary N) is 1. The molecule has 0 radical (unpaired) electrons. The van der Waals surface area contributed by atoms with Crippen LogP contribution >= 0.6 is 0 Å². The van der Waals surface area contributed by atoms with Crippen LogP contribution in [0.5, 0.6) is 5.75 Å². The van der Waals surface area contributed by atoms with Crippen molar-refractivity contribution >= 4 is 11.7 Å². The number of ether oxygens (including phenoxy) is 1. The third-order valence-electron chi connectivity index (χ3n) is 5.88. The van der Waals surface area contributed by atoms with Gasteiger partial charge >= 0.3 is 0 Å². The van der Waals surface area contributed by atoms with E-state index < -0.39 is 0 Å². The highest BCUT2D eigenvalue weighted by Crippen LogP contribution is 2.35. The first-order valence-electron chi connectivity index (χ1n) is 10.3. The third kappa shape index (κ3) is 4.55. The Balaban J connectivity index is 1.23. The lowest BCUT2D eigenvalue weighted by atomic mass is 9.80. The van der Waals surface area contributed by atoms with Crippen molar-refractivity contribution in [2.45, 2.75) is 44.4 Å². The van der Waals surface area contributed by atoms with Crippen LogP contribution in [0.3, 0.4) is 0 Å². The standard InChI is InChI=1S/C22H27N5O2/c1-29-20-5-3-2-4-18(20)10-11-21(28)24-14-16-6-8-17(9-7-16)19-12-13-23-22-25-15-26-27(19)22/h2-5,12-13,15-17H,6-11,14H2,1H3,(H,24,28). The molecule has 7 heteroatoms. The van der Waals surface area contributed by atoms with Crippen LogP contribution in [-0.2, 0) is 11.2 Å². The Morgan fingerprint density at radius 1 is 1.17 bits per heavy atom. The zero-order valence-corrected chi connectivity index (χ0v) is 16.8. The number of benzene rings is 1. The molecule has 29 heavy (non-hydrogen) atoms. The van der Waals surface area contributed by atoms with Crippen molar-refractivity contribution < 1.29 is 9.53 Å². The normalized spacial score (nSPS) is 19.2. The maximum absolute atomic E-state index is 12.3. The molecule has 0 unspecified atom stereocenters. The van der Waals surface area contributed by atoms with Gasteiger partial charge in [-0.05, 0) is 55.7 Å². The molecule has 0 saturated heterocycles. The highest BCUT2D eigenvalue weighted by atomic mass is 16.5. The lowest BCUT2D eigenvalue weighted by Gasteiger charge is -2.28. The number of nitrogens with zero attached hydrogens (tertiary/aromatic N) is 4. The molecular weight excluding hydrogens is 366 g/mol. The summed E-state index contributed by atoms with van der Waals surface area (Å²) in [5.74, 6) is 2.62. The highest BCUT2D eigenvalue weighted by Gasteiger charge is 2.24. The summed E-state index contributed by atoms with van der Waals surface area (Å²) < 4.78 is 7.21. The van der Waals surface area contributed by atoms with Crippen molar-refractivity contribution in [3.8, 4) is 5.75 Å². The Labute approximate surface area is 170 Å². The van der Waals surface area contributed by atoms with Gasteiger partial charge in [0.05, 0.1) is 12.8 Å². The number of aromatic nitrogens is 4. The maximum atomic E-state index is 12.3. The number of hydrogen-bond acceptors (Lipinski definition) is 5. The number of amides is 1. The van der Waals surface area contributed by atoms with E-state index in [2.05, 4.69) is 20.4 Å². The molecule has 0 bridgehead atoms. The Hall–Kier alpha value is -2.96. The van der Waals surface area contributed by atoms with E-state index in [1.165, 1.54) is 5.69 Å². The van der Waals surface area contributed by atoms with Crippen molar-refractivity contribution in [1.29, 1.82) is 0 Å². The number of carbonyl (C=O) groups excluding carboxylic acids is 1. The fraction of sp³-hybridized carbons (Fsp3) is 0.455. The Morgan fingerprint density at radius 3 is 2.83 bits per heavy atom. The monoisotopic (exact) mass is 393 g/mol. The van der Waals surface area contributed by atoms with Gasteiger partial charge in [-0.25, -0.2) is 9.50 Å². The summed E-state index contributed by atoms with van der Waals surface area (Å²) in [6.07, 6.45) is 8.95. The van der Waals surface area contributed by atoms with E-state index >= 15 is 0 Å². The second kappa shape index (κ2) is 9.03. The molecule has 1 aliphatic rings. The van der Waals surface area contributed by atoms with Crippen molar-refractivity contribution in [1.82, 2.24) is 24.9 Å². The third-order valence-corrected chi connectivity index (χ3v) is 5.88. The van der Waals surface area contributed by atoms with Gasteiger partial charge in [-0.2, -0.15) is 10.1 Å². The molecule has 1 fully saturated rings. The van der Waals surface area contributed by atoms with E-state index in [4.69, 9.17) is 4.74 Å². The van der Waals surface area contributed by atoms with E-state index in [0.29, 0.717) is 30.5 Å². The first kappa shape index (κ1) is 19.4. The second-order valence-electron chi connectivity index (χ2n) is 7.68. The second-order valence-corrected chi connectivity index (χ2v) is 7.68. The first-order valence-corrected chi connectivity index (χ1v) is 10.3. The van der Waals surface area contributed by atoms with E-state index in [0.717, 1.165) is 43.5 Å². The summed E-state index contributed by atoms with van der Waals surface area (Å²) in [5.41, 5.74) is 2.26. The molecule has 1 amide bonds. The summed E-state index contributed by atoms with van der Waals surface area (Å²) in [6.45, 7) is 0.757. The number of rotatable bonds is 7. The van der Waals surface area contributed by atoms with Crippen molar-refractivity contribution in [2.75, 3.05) is 13.7 Å². The molecule has 1 aliphatic carbocycles. The molecule has 4 rings (SSSR count). The quantitative estimate of drug-likeness (QED) is 0.667. The van der Waals surface area contributed by atoms with E-state index in [1.807, 2.05) is 41.0 Å². The molecule has 1 aromatic carbocycles. The molecule has 1 saturated carbocycles. The van der Waals surface area contributed by atoms with Gasteiger partial charge < -0.3 is 10.1 Å². The van der Waals surface area contributed by atoms with Gasteiger partial charge in [0, 0.05) is 25.1 Å². The van der Waals surface area contributed by atoms with Gasteiger partial charge in [0.15, 0.2) is 0 Å². The van der Waals surface area contributed by atoms with Gasteiger partial charge in [-0.15, -0.1) is 0 Å². The van der Waals surface area contributed by atoms with Crippen LogP contribution < -0.4 is 10.1 Å². The molecule has 1 N–H and O–H groups in total. The highest BCUT2D eigenvalue weighted by molar-refractivity contribution is 5.76. The predicted molar refractivity (Wildman–Crippen MR) is 110 cm³/mol. The van der Waals surface area contributed by atoms with Gasteiger partial charge in [0.1, 0.15) is 12.1 Å². The van der Waals surface area contributed by atoms with Crippen LogP contribution in [0.4, 0.5) is 0 Å². The molecule has 0 aliphatic heterocycles. The molecule has 3 aromatic rings. The van der Waals surface area contributed by atoms with Crippen LogP contribution in [0.25, 0.3) is 5.78 Å². The molecule has 2 heterocycles. The van der Waals surface area contributed by atoms with Crippen LogP contribution in [-0.4, -0.2) is 39.1 Å². The minimum absolute atomic E-state index is 0.108. The van der Waals surface area contributed by atoms with Crippen LogP contribution in [0.1, 0.15) is 49.3 Å². The van der Waals surface area contributed by atoms with Gasteiger partial charge in [0.2, 0.25) is 5.91 Å². The summed E-state index contributed by atoms with van der Waals surface area (Å²) in [5, 5.41) is 7.43. The summed E-state index contributed by atoms with van der Waals surface area (Å²) >= 11 is 0. The van der Waals surface area contributed by atoms with E-state index in [-0.39, 0.29) is 5.91 Å². The smallest absolute Gasteiger partial charge is 0.252 e. The van der Waals surface area contributed by atoms with Gasteiger partial charge in [0.25, 0.3) is 5.78 Å². The van der Waals surface area contributed by atoms with E-state index in [1.54, 1.807) is 13.4 Å². The summed E-state index contributed by atoms with van der Waals surface area (Å²) in [6, 6.07) is 9.91. The van der Waals surface area contributed by atoms with Gasteiger partial charge in [-0.3, -0.25) is 4.79 Å². The van der Waals surface area contributed by atoms with Crippen LogP contribution in [0.15, 0.2) is 42.9 Å². The predicted octanol–water partition coefficient (Wildman–Crippen LogP) is 3.16. The first-order chi connectivity index (χ1) is 14.2. The number of carbonyl (C=O) groups is 1. The SMILES string of the molecule is COc1ccccc1CCC(=O)NCC1CCC(c2ccnc3ncnn23)CC1. The number of fused-ring (bicyclic) bond motifs is 1. The minimum atomic E-state index is 0.108. The van der Waals surface area contributed by atoms with Gasteiger partial charge in [-0.1, -0.05) is 18.2 Å². The molecule has 0 spiro atoms. The van der Waals surface area contributed by atoms with Crippen molar-refractivity contribution in [2.24, 2.45) is 5.92 Å². The average molecular weight is 393 g/mol. The average Bonchev–Trinajstić information content (AvgIpc) is 3.26. The van der Waals surface area contributed by atoms with Crippen LogP contribution in [0, 0.1) is 5.92 Å². The van der Waals surface area contributed by atoms with Crippen molar-refractivity contribution in [3.05, 3.63) is 54.1 Å². The number of para-hydroxylation sites is 1. The molecule has 0 atom stereocenters. The Bertz CT molecular complexity index is 963. The maximum Gasteiger partial charge on any atom is 0.252 e. The molecule has 152 valence electrons. The lowest BCUT2D eigenvalue weighted by molar-refractivity contribution is -0.121. The number of methoxy groups -OCH3 is 1. The zero-order valence-electron chi connectivity index (χ0n) is 16.8.